The molecule has 0 spiro atoms. The Morgan fingerprint density at radius 1 is 1.42 bits per heavy atom. The van der Waals surface area contributed by atoms with Crippen LogP contribution in [0, 0.1) is 5.92 Å². The van der Waals surface area contributed by atoms with Gasteiger partial charge in [-0.1, -0.05) is 20.8 Å². The normalized spacial score (nSPS) is 29.0. The highest BCUT2D eigenvalue weighted by Crippen LogP contribution is 2.29. The number of aliphatic hydroxyl groups is 1. The van der Waals surface area contributed by atoms with Gasteiger partial charge in [0.25, 0.3) is 0 Å². The molecule has 0 bridgehead atoms. The first-order chi connectivity index (χ1) is 5.61. The molecule has 0 heterocycles. The van der Waals surface area contributed by atoms with Crippen LogP contribution in [0.1, 0.15) is 40.0 Å². The molecule has 1 aliphatic rings. The lowest BCUT2D eigenvalue weighted by Gasteiger charge is -2.25. The van der Waals surface area contributed by atoms with Crippen LogP contribution in [0.3, 0.4) is 0 Å². The zero-order chi connectivity index (χ0) is 9.19. The second-order valence-corrected chi connectivity index (χ2v) is 4.13. The van der Waals surface area contributed by atoms with E-state index in [1.165, 1.54) is 6.42 Å². The first kappa shape index (κ1) is 10.0. The van der Waals surface area contributed by atoms with E-state index in [1.54, 1.807) is 0 Å². The van der Waals surface area contributed by atoms with Gasteiger partial charge in [-0.3, -0.25) is 0 Å². The fourth-order valence-electron chi connectivity index (χ4n) is 1.43. The van der Waals surface area contributed by atoms with Gasteiger partial charge in [-0.15, -0.1) is 0 Å². The minimum Gasteiger partial charge on any atom is -0.389 e. The van der Waals surface area contributed by atoms with Crippen LogP contribution >= 0.6 is 0 Å². The molecule has 1 rings (SSSR count). The zero-order valence-electron chi connectivity index (χ0n) is 8.43. The van der Waals surface area contributed by atoms with E-state index in [0.29, 0.717) is 6.04 Å². The molecule has 0 aliphatic heterocycles. The van der Waals surface area contributed by atoms with E-state index < -0.39 is 5.60 Å². The third-order valence-electron chi connectivity index (χ3n) is 3.12. The molecule has 12 heavy (non-hydrogen) atoms. The van der Waals surface area contributed by atoms with Gasteiger partial charge in [0.1, 0.15) is 0 Å². The van der Waals surface area contributed by atoms with Gasteiger partial charge >= 0.3 is 0 Å². The minimum absolute atomic E-state index is 0.470. The van der Waals surface area contributed by atoms with Gasteiger partial charge < -0.3 is 10.4 Å². The van der Waals surface area contributed by atoms with Crippen LogP contribution in [0.15, 0.2) is 0 Å². The topological polar surface area (TPSA) is 32.3 Å². The summed E-state index contributed by atoms with van der Waals surface area (Å²) in [7, 11) is 0. The Kier molecular flexibility index (Phi) is 3.13. The van der Waals surface area contributed by atoms with Gasteiger partial charge in [-0.05, 0) is 25.2 Å². The Balaban J connectivity index is 2.19. The van der Waals surface area contributed by atoms with Crippen LogP contribution in [-0.2, 0) is 0 Å². The maximum absolute atomic E-state index is 9.93. The summed E-state index contributed by atoms with van der Waals surface area (Å²) in [6.45, 7) is 7.09. The SMILES string of the molecule is CCC(O)(CC)CNC1CC1C. The van der Waals surface area contributed by atoms with E-state index in [0.717, 1.165) is 25.3 Å². The van der Waals surface area contributed by atoms with Crippen molar-refractivity contribution in [3.8, 4) is 0 Å². The fourth-order valence-corrected chi connectivity index (χ4v) is 1.43. The Labute approximate surface area is 75.4 Å². The van der Waals surface area contributed by atoms with Gasteiger partial charge in [0.05, 0.1) is 5.60 Å². The van der Waals surface area contributed by atoms with Crippen molar-refractivity contribution in [3.05, 3.63) is 0 Å². The Morgan fingerprint density at radius 2 is 1.92 bits per heavy atom. The highest BCUT2D eigenvalue weighted by atomic mass is 16.3. The monoisotopic (exact) mass is 171 g/mol. The van der Waals surface area contributed by atoms with Crippen molar-refractivity contribution in [1.29, 1.82) is 0 Å². The fraction of sp³-hybridized carbons (Fsp3) is 1.00. The lowest BCUT2D eigenvalue weighted by atomic mass is 9.97. The maximum atomic E-state index is 9.93. The largest absolute Gasteiger partial charge is 0.389 e. The van der Waals surface area contributed by atoms with Crippen LogP contribution in [0.4, 0.5) is 0 Å². The number of hydrogen-bond acceptors (Lipinski definition) is 2. The van der Waals surface area contributed by atoms with Crippen molar-refractivity contribution >= 4 is 0 Å². The smallest absolute Gasteiger partial charge is 0.0766 e. The first-order valence-corrected chi connectivity index (χ1v) is 5.07. The average Bonchev–Trinajstić information content (AvgIpc) is 2.78. The van der Waals surface area contributed by atoms with Crippen LogP contribution in [0.2, 0.25) is 0 Å². The standard InChI is InChI=1S/C10H21NO/c1-4-10(12,5-2)7-11-9-6-8(9)3/h8-9,11-12H,4-7H2,1-3H3. The average molecular weight is 171 g/mol. The molecule has 2 nitrogen and oxygen atoms in total. The number of rotatable bonds is 5. The Bertz CT molecular complexity index is 143. The summed E-state index contributed by atoms with van der Waals surface area (Å²) in [5.41, 5.74) is -0.470. The van der Waals surface area contributed by atoms with Crippen LogP contribution in [-0.4, -0.2) is 23.3 Å². The van der Waals surface area contributed by atoms with E-state index in [-0.39, 0.29) is 0 Å². The zero-order valence-corrected chi connectivity index (χ0v) is 8.43. The van der Waals surface area contributed by atoms with Crippen molar-refractivity contribution < 1.29 is 5.11 Å². The molecule has 2 unspecified atom stereocenters. The molecule has 0 aromatic rings. The summed E-state index contributed by atoms with van der Waals surface area (Å²) in [6.07, 6.45) is 2.97. The third kappa shape index (κ3) is 2.46. The summed E-state index contributed by atoms with van der Waals surface area (Å²) < 4.78 is 0. The molecule has 0 aromatic heterocycles. The summed E-state index contributed by atoms with van der Waals surface area (Å²) in [5, 5.41) is 13.3. The molecule has 0 saturated heterocycles. The molecule has 72 valence electrons. The summed E-state index contributed by atoms with van der Waals surface area (Å²) in [4.78, 5) is 0. The molecule has 0 aromatic carbocycles. The van der Waals surface area contributed by atoms with E-state index in [9.17, 15) is 5.11 Å². The molecule has 0 radical (unpaired) electrons. The Hall–Kier alpha value is -0.0800. The molecule has 1 fully saturated rings. The van der Waals surface area contributed by atoms with Crippen LogP contribution < -0.4 is 5.32 Å². The minimum atomic E-state index is -0.470. The van der Waals surface area contributed by atoms with Crippen molar-refractivity contribution in [1.82, 2.24) is 5.32 Å². The van der Waals surface area contributed by atoms with Crippen molar-refractivity contribution in [2.75, 3.05) is 6.54 Å². The molecule has 1 aliphatic carbocycles. The van der Waals surface area contributed by atoms with Crippen molar-refractivity contribution in [3.63, 3.8) is 0 Å². The second-order valence-electron chi connectivity index (χ2n) is 4.13. The predicted molar refractivity (Wildman–Crippen MR) is 51.1 cm³/mol. The lowest BCUT2D eigenvalue weighted by molar-refractivity contribution is 0.0320. The number of hydrogen-bond donors (Lipinski definition) is 2. The van der Waals surface area contributed by atoms with Crippen molar-refractivity contribution in [2.24, 2.45) is 5.92 Å². The van der Waals surface area contributed by atoms with Gasteiger partial charge in [-0.25, -0.2) is 0 Å². The highest BCUT2D eigenvalue weighted by Gasteiger charge is 2.34. The molecule has 2 heteroatoms. The van der Waals surface area contributed by atoms with E-state index in [1.807, 2.05) is 13.8 Å². The van der Waals surface area contributed by atoms with Crippen molar-refractivity contribution in [2.45, 2.75) is 51.7 Å². The molecular formula is C10H21NO. The molecule has 0 amide bonds. The Morgan fingerprint density at radius 3 is 2.25 bits per heavy atom. The molecule has 2 N–H and O–H groups in total. The molecule has 1 saturated carbocycles. The van der Waals surface area contributed by atoms with E-state index in [4.69, 9.17) is 0 Å². The van der Waals surface area contributed by atoms with Gasteiger partial charge in [0.2, 0.25) is 0 Å². The third-order valence-corrected chi connectivity index (χ3v) is 3.12. The van der Waals surface area contributed by atoms with Crippen LogP contribution in [0.5, 0.6) is 0 Å². The van der Waals surface area contributed by atoms with E-state index in [2.05, 4.69) is 12.2 Å². The van der Waals surface area contributed by atoms with Crippen LogP contribution in [0.25, 0.3) is 0 Å². The predicted octanol–water partition coefficient (Wildman–Crippen LogP) is 1.54. The first-order valence-electron chi connectivity index (χ1n) is 5.07. The second kappa shape index (κ2) is 3.75. The molecule has 2 atom stereocenters. The van der Waals surface area contributed by atoms with Gasteiger partial charge in [-0.2, -0.15) is 0 Å². The maximum Gasteiger partial charge on any atom is 0.0766 e. The summed E-state index contributed by atoms with van der Waals surface area (Å²) >= 11 is 0. The van der Waals surface area contributed by atoms with Gasteiger partial charge in [0.15, 0.2) is 0 Å². The molecular weight excluding hydrogens is 150 g/mol. The number of nitrogens with one attached hydrogen (secondary N) is 1. The quantitative estimate of drug-likeness (QED) is 0.657. The summed E-state index contributed by atoms with van der Waals surface area (Å²) in [6, 6.07) is 0.676. The van der Waals surface area contributed by atoms with E-state index >= 15 is 0 Å². The lowest BCUT2D eigenvalue weighted by Crippen LogP contribution is -2.40. The summed E-state index contributed by atoms with van der Waals surface area (Å²) in [5.74, 6) is 0.822. The van der Waals surface area contributed by atoms with Gasteiger partial charge in [0, 0.05) is 12.6 Å². The highest BCUT2D eigenvalue weighted by molar-refractivity contribution is 4.92.